The zero-order chi connectivity index (χ0) is 12.4. The summed E-state index contributed by atoms with van der Waals surface area (Å²) in [4.78, 5) is 14.4. The fraction of sp³-hybridized carbons (Fsp3) is 0.933. The summed E-state index contributed by atoms with van der Waals surface area (Å²) in [6, 6.07) is 0.503. The summed E-state index contributed by atoms with van der Waals surface area (Å²) < 4.78 is 0. The van der Waals surface area contributed by atoms with Crippen LogP contribution in [0.4, 0.5) is 0 Å². The molecule has 18 heavy (non-hydrogen) atoms. The van der Waals surface area contributed by atoms with Crippen LogP contribution < -0.4 is 5.32 Å². The lowest BCUT2D eigenvalue weighted by Crippen LogP contribution is -2.44. The number of nitrogens with zero attached hydrogens (tertiary/aromatic N) is 1. The zero-order valence-electron chi connectivity index (χ0n) is 11.4. The summed E-state index contributed by atoms with van der Waals surface area (Å²) in [7, 11) is 0. The van der Waals surface area contributed by atoms with Gasteiger partial charge >= 0.3 is 0 Å². The van der Waals surface area contributed by atoms with Crippen LogP contribution in [-0.2, 0) is 4.79 Å². The van der Waals surface area contributed by atoms with Crippen LogP contribution in [0, 0.1) is 11.8 Å². The van der Waals surface area contributed by atoms with Crippen molar-refractivity contribution in [2.75, 3.05) is 19.6 Å². The lowest BCUT2D eigenvalue weighted by Gasteiger charge is -2.25. The van der Waals surface area contributed by atoms with Gasteiger partial charge in [-0.05, 0) is 57.0 Å². The molecule has 102 valence electrons. The fourth-order valence-electron chi connectivity index (χ4n) is 4.17. The van der Waals surface area contributed by atoms with E-state index in [0.29, 0.717) is 12.6 Å². The van der Waals surface area contributed by atoms with Crippen LogP contribution >= 0.6 is 0 Å². The van der Waals surface area contributed by atoms with Crippen molar-refractivity contribution < 1.29 is 4.79 Å². The van der Waals surface area contributed by atoms with E-state index in [2.05, 4.69) is 10.2 Å². The average molecular weight is 250 g/mol. The molecule has 0 aromatic rings. The largest absolute Gasteiger partial charge is 0.352 e. The van der Waals surface area contributed by atoms with Crippen LogP contribution in [0.2, 0.25) is 0 Å². The molecule has 3 aliphatic rings. The van der Waals surface area contributed by atoms with E-state index in [1.54, 1.807) is 0 Å². The predicted molar refractivity (Wildman–Crippen MR) is 72.3 cm³/mol. The third-order valence-corrected chi connectivity index (χ3v) is 5.15. The molecule has 0 spiro atoms. The number of carbonyl (C=O) groups is 1. The fourth-order valence-corrected chi connectivity index (χ4v) is 4.17. The highest BCUT2D eigenvalue weighted by Crippen LogP contribution is 2.44. The minimum atomic E-state index is 0.273. The minimum Gasteiger partial charge on any atom is -0.352 e. The number of fused-ring (bicyclic) bond motifs is 2. The van der Waals surface area contributed by atoms with E-state index in [1.807, 2.05) is 0 Å². The van der Waals surface area contributed by atoms with E-state index in [4.69, 9.17) is 0 Å². The van der Waals surface area contributed by atoms with Gasteiger partial charge in [-0.15, -0.1) is 0 Å². The van der Waals surface area contributed by atoms with Gasteiger partial charge in [0, 0.05) is 6.04 Å². The Morgan fingerprint density at radius 1 is 1.06 bits per heavy atom. The maximum absolute atomic E-state index is 12.1. The normalized spacial score (nSPS) is 36.6. The van der Waals surface area contributed by atoms with Crippen LogP contribution in [0.15, 0.2) is 0 Å². The van der Waals surface area contributed by atoms with Crippen molar-refractivity contribution in [2.45, 2.75) is 57.4 Å². The van der Waals surface area contributed by atoms with E-state index in [1.165, 1.54) is 51.4 Å². The summed E-state index contributed by atoms with van der Waals surface area (Å²) in [6.45, 7) is 2.86. The molecular weight excluding hydrogens is 224 g/mol. The summed E-state index contributed by atoms with van der Waals surface area (Å²) in [5.74, 6) is 1.98. The second-order valence-electron chi connectivity index (χ2n) is 6.54. The van der Waals surface area contributed by atoms with Gasteiger partial charge < -0.3 is 5.32 Å². The van der Waals surface area contributed by atoms with Gasteiger partial charge in [0.25, 0.3) is 0 Å². The molecular formula is C15H26N2O. The van der Waals surface area contributed by atoms with Gasteiger partial charge in [0.05, 0.1) is 6.54 Å². The maximum Gasteiger partial charge on any atom is 0.234 e. The number of rotatable bonds is 3. The molecule has 0 aromatic carbocycles. The molecule has 2 saturated carbocycles. The molecule has 1 amide bonds. The van der Waals surface area contributed by atoms with Crippen molar-refractivity contribution in [3.05, 3.63) is 0 Å². The Balaban J connectivity index is 1.44. The second-order valence-corrected chi connectivity index (χ2v) is 6.54. The van der Waals surface area contributed by atoms with Gasteiger partial charge in [-0.25, -0.2) is 0 Å². The van der Waals surface area contributed by atoms with E-state index >= 15 is 0 Å². The third kappa shape index (κ3) is 2.87. The van der Waals surface area contributed by atoms with Crippen LogP contribution in [0.25, 0.3) is 0 Å². The molecule has 3 heteroatoms. The quantitative estimate of drug-likeness (QED) is 0.832. The highest BCUT2D eigenvalue weighted by Gasteiger charge is 2.40. The highest BCUT2D eigenvalue weighted by molar-refractivity contribution is 5.78. The lowest BCUT2D eigenvalue weighted by molar-refractivity contribution is -0.123. The Morgan fingerprint density at radius 2 is 1.83 bits per heavy atom. The number of nitrogens with one attached hydrogen (secondary N) is 1. The molecule has 0 radical (unpaired) electrons. The smallest absolute Gasteiger partial charge is 0.234 e. The first-order valence-corrected chi connectivity index (χ1v) is 7.83. The SMILES string of the molecule is O=C(CN1CCCCCC1)N[C@@H]1C[C@H]2CC[C@H]1C2. The number of hydrogen-bond acceptors (Lipinski definition) is 2. The molecule has 1 N–H and O–H groups in total. The molecule has 1 heterocycles. The van der Waals surface area contributed by atoms with Gasteiger partial charge in [0.15, 0.2) is 0 Å². The first-order valence-electron chi connectivity index (χ1n) is 7.83. The molecule has 0 aromatic heterocycles. The monoisotopic (exact) mass is 250 g/mol. The summed E-state index contributed by atoms with van der Waals surface area (Å²) >= 11 is 0. The van der Waals surface area contributed by atoms with Crippen LogP contribution in [0.5, 0.6) is 0 Å². The van der Waals surface area contributed by atoms with Crippen LogP contribution in [0.1, 0.15) is 51.4 Å². The summed E-state index contributed by atoms with van der Waals surface area (Å²) in [6.07, 6.45) is 10.6. The zero-order valence-corrected chi connectivity index (χ0v) is 11.4. The van der Waals surface area contributed by atoms with Gasteiger partial charge in [-0.2, -0.15) is 0 Å². The Hall–Kier alpha value is -0.570. The summed E-state index contributed by atoms with van der Waals surface area (Å²) in [5, 5.41) is 3.30. The Morgan fingerprint density at radius 3 is 2.44 bits per heavy atom. The second kappa shape index (κ2) is 5.60. The average Bonchev–Trinajstić information content (AvgIpc) is 2.86. The molecule has 3 rings (SSSR count). The van der Waals surface area contributed by atoms with Crippen LogP contribution in [0.3, 0.4) is 0 Å². The van der Waals surface area contributed by atoms with Crippen molar-refractivity contribution in [3.8, 4) is 0 Å². The molecule has 2 bridgehead atoms. The molecule has 1 aliphatic heterocycles. The predicted octanol–water partition coefficient (Wildman–Crippen LogP) is 2.17. The molecule has 1 saturated heterocycles. The minimum absolute atomic E-state index is 0.273. The Labute approximate surface area is 110 Å². The van der Waals surface area contributed by atoms with E-state index in [9.17, 15) is 4.79 Å². The van der Waals surface area contributed by atoms with E-state index in [-0.39, 0.29) is 5.91 Å². The lowest BCUT2D eigenvalue weighted by atomic mass is 9.95. The van der Waals surface area contributed by atoms with E-state index in [0.717, 1.165) is 24.9 Å². The standard InChI is InChI=1S/C15H26N2O/c18-15(11-17-7-3-1-2-4-8-17)16-14-10-12-5-6-13(14)9-12/h12-14H,1-11H2,(H,16,18)/t12-,13-,14+/m0/s1. The molecule has 2 aliphatic carbocycles. The number of carbonyl (C=O) groups excluding carboxylic acids is 1. The van der Waals surface area contributed by atoms with Crippen molar-refractivity contribution in [2.24, 2.45) is 11.8 Å². The number of hydrogen-bond donors (Lipinski definition) is 1. The number of amides is 1. The Bertz CT molecular complexity index is 297. The topological polar surface area (TPSA) is 32.3 Å². The number of likely N-dealkylation sites (tertiary alicyclic amines) is 1. The highest BCUT2D eigenvalue weighted by atomic mass is 16.2. The molecule has 0 unspecified atom stereocenters. The van der Waals surface area contributed by atoms with E-state index < -0.39 is 0 Å². The van der Waals surface area contributed by atoms with Gasteiger partial charge in [-0.3, -0.25) is 9.69 Å². The summed E-state index contributed by atoms with van der Waals surface area (Å²) in [5.41, 5.74) is 0. The third-order valence-electron chi connectivity index (χ3n) is 5.15. The maximum atomic E-state index is 12.1. The Kier molecular flexibility index (Phi) is 3.88. The van der Waals surface area contributed by atoms with Gasteiger partial charge in [-0.1, -0.05) is 19.3 Å². The van der Waals surface area contributed by atoms with Crippen molar-refractivity contribution in [1.29, 1.82) is 0 Å². The molecule has 3 fully saturated rings. The van der Waals surface area contributed by atoms with Crippen LogP contribution in [-0.4, -0.2) is 36.5 Å². The van der Waals surface area contributed by atoms with Gasteiger partial charge in [0.2, 0.25) is 5.91 Å². The van der Waals surface area contributed by atoms with Crippen molar-refractivity contribution >= 4 is 5.91 Å². The van der Waals surface area contributed by atoms with Crippen molar-refractivity contribution in [1.82, 2.24) is 10.2 Å². The first-order chi connectivity index (χ1) is 8.81. The van der Waals surface area contributed by atoms with Crippen molar-refractivity contribution in [3.63, 3.8) is 0 Å². The van der Waals surface area contributed by atoms with Gasteiger partial charge in [0.1, 0.15) is 0 Å². The molecule has 3 atom stereocenters. The molecule has 3 nitrogen and oxygen atoms in total. The first kappa shape index (κ1) is 12.5.